The molecule has 9 heavy (non-hydrogen) atoms. The molecule has 0 heterocycles. The molecule has 0 N–H and O–H groups in total. The first kappa shape index (κ1) is 9.31. The maximum atomic E-state index is 6.84. The van der Waals surface area contributed by atoms with Crippen LogP contribution in [0.5, 0.6) is 0 Å². The normalized spacial score (nSPS) is 10.7. The maximum absolute atomic E-state index is 6.84. The third kappa shape index (κ3) is 4.79. The molecule has 0 amide bonds. The fourth-order valence-corrected chi connectivity index (χ4v) is 1.06. The number of rotatable bonds is 5. The summed E-state index contributed by atoms with van der Waals surface area (Å²) >= 11 is 1.17. The highest BCUT2D eigenvalue weighted by atomic mass is 32.2. The van der Waals surface area contributed by atoms with Crippen LogP contribution in [0.4, 0.5) is 0 Å². The average molecular weight is 144 g/mol. The van der Waals surface area contributed by atoms with Gasteiger partial charge in [-0.05, 0) is 13.1 Å². The van der Waals surface area contributed by atoms with Crippen molar-refractivity contribution in [2.45, 2.75) is 13.8 Å². The van der Waals surface area contributed by atoms with Crippen molar-refractivity contribution in [3.05, 3.63) is 6.26 Å². The summed E-state index contributed by atoms with van der Waals surface area (Å²) in [6.07, 6.45) is 6.84. The molecule has 0 unspecified atom stereocenters. The first-order chi connectivity index (χ1) is 4.35. The van der Waals surface area contributed by atoms with Gasteiger partial charge in [0.2, 0.25) is 0 Å². The minimum absolute atomic E-state index is 0.932. The van der Waals surface area contributed by atoms with Gasteiger partial charge in [-0.15, -0.1) is 11.8 Å². The minimum Gasteiger partial charge on any atom is -0.303 e. The second kappa shape index (κ2) is 6.43. The molecule has 0 fully saturated rings. The van der Waals surface area contributed by atoms with Gasteiger partial charge in [0.25, 0.3) is 0 Å². The number of thioether (sulfide) groups is 1. The van der Waals surface area contributed by atoms with E-state index in [0.29, 0.717) is 0 Å². The van der Waals surface area contributed by atoms with Gasteiger partial charge in [-0.1, -0.05) is 13.8 Å². The van der Waals surface area contributed by atoms with E-state index in [9.17, 15) is 0 Å². The summed E-state index contributed by atoms with van der Waals surface area (Å²) in [6.45, 7) is 7.57. The maximum Gasteiger partial charge on any atom is 0.0687 e. The summed E-state index contributed by atoms with van der Waals surface area (Å²) in [6, 6.07) is 0. The highest BCUT2D eigenvalue weighted by Crippen LogP contribution is 1.96. The Labute approximate surface area is 62.8 Å². The molecule has 0 rings (SSSR count). The molecule has 0 bridgehead atoms. The van der Waals surface area contributed by atoms with Crippen LogP contribution < -0.4 is 0 Å². The SMILES string of the molecule is [C]SCCN(CC)CC. The average Bonchev–Trinajstić information content (AvgIpc) is 1.91. The lowest BCUT2D eigenvalue weighted by atomic mass is 10.5. The summed E-state index contributed by atoms with van der Waals surface area (Å²) < 4.78 is 0. The first-order valence-corrected chi connectivity index (χ1v) is 4.34. The smallest absolute Gasteiger partial charge is 0.0687 e. The van der Waals surface area contributed by atoms with Crippen LogP contribution in [0.25, 0.3) is 0 Å². The zero-order valence-corrected chi connectivity index (χ0v) is 7.00. The Hall–Kier alpha value is 0.310. The van der Waals surface area contributed by atoms with E-state index in [1.165, 1.54) is 11.8 Å². The summed E-state index contributed by atoms with van der Waals surface area (Å²) in [5.74, 6) is 0.932. The lowest BCUT2D eigenvalue weighted by Crippen LogP contribution is -2.25. The molecule has 2 heteroatoms. The van der Waals surface area contributed by atoms with Crippen molar-refractivity contribution in [3.8, 4) is 0 Å². The molecule has 0 aliphatic heterocycles. The van der Waals surface area contributed by atoms with Crippen LogP contribution in [0.1, 0.15) is 13.8 Å². The molecular formula is C7H14NS. The van der Waals surface area contributed by atoms with E-state index in [2.05, 4.69) is 18.7 Å². The van der Waals surface area contributed by atoms with Crippen LogP contribution in [0.3, 0.4) is 0 Å². The van der Waals surface area contributed by atoms with Crippen LogP contribution in [0.15, 0.2) is 0 Å². The fraction of sp³-hybridized carbons (Fsp3) is 0.857. The quantitative estimate of drug-likeness (QED) is 0.576. The Morgan fingerprint density at radius 1 is 1.33 bits per heavy atom. The molecule has 0 aromatic rings. The van der Waals surface area contributed by atoms with Crippen molar-refractivity contribution >= 4 is 11.8 Å². The summed E-state index contributed by atoms with van der Waals surface area (Å²) in [5.41, 5.74) is 0. The van der Waals surface area contributed by atoms with E-state index < -0.39 is 0 Å². The van der Waals surface area contributed by atoms with Crippen molar-refractivity contribution in [3.63, 3.8) is 0 Å². The highest BCUT2D eigenvalue weighted by Gasteiger charge is 1.95. The third-order valence-corrected chi connectivity index (χ3v) is 1.79. The predicted molar refractivity (Wildman–Crippen MR) is 43.5 cm³/mol. The van der Waals surface area contributed by atoms with Crippen molar-refractivity contribution < 1.29 is 0 Å². The van der Waals surface area contributed by atoms with Gasteiger partial charge in [0.1, 0.15) is 0 Å². The van der Waals surface area contributed by atoms with Crippen LogP contribution >= 0.6 is 11.8 Å². The van der Waals surface area contributed by atoms with Gasteiger partial charge < -0.3 is 4.90 Å². The number of nitrogens with zero attached hydrogens (tertiary/aromatic N) is 1. The van der Waals surface area contributed by atoms with E-state index in [0.717, 1.165) is 25.4 Å². The van der Waals surface area contributed by atoms with Gasteiger partial charge >= 0.3 is 0 Å². The second-order valence-corrected chi connectivity index (χ2v) is 2.57. The van der Waals surface area contributed by atoms with Crippen molar-refractivity contribution in [2.75, 3.05) is 25.4 Å². The van der Waals surface area contributed by atoms with Crippen LogP contribution in [-0.2, 0) is 0 Å². The van der Waals surface area contributed by atoms with E-state index in [-0.39, 0.29) is 0 Å². The Bertz CT molecular complexity index is 52.9. The number of hydrogen-bond acceptors (Lipinski definition) is 2. The Kier molecular flexibility index (Phi) is 6.65. The van der Waals surface area contributed by atoms with Crippen molar-refractivity contribution in [1.82, 2.24) is 4.90 Å². The van der Waals surface area contributed by atoms with E-state index in [1.807, 2.05) is 0 Å². The van der Waals surface area contributed by atoms with Gasteiger partial charge in [-0.25, -0.2) is 0 Å². The van der Waals surface area contributed by atoms with Gasteiger partial charge in [-0.2, -0.15) is 0 Å². The van der Waals surface area contributed by atoms with Crippen molar-refractivity contribution in [2.24, 2.45) is 0 Å². The Morgan fingerprint density at radius 2 is 1.89 bits per heavy atom. The Balaban J connectivity index is 3.09. The van der Waals surface area contributed by atoms with Gasteiger partial charge in [0, 0.05) is 12.3 Å². The lowest BCUT2D eigenvalue weighted by Gasteiger charge is -2.16. The molecule has 1 nitrogen and oxygen atoms in total. The van der Waals surface area contributed by atoms with E-state index >= 15 is 0 Å². The largest absolute Gasteiger partial charge is 0.303 e. The molecular weight excluding hydrogens is 130 g/mol. The molecule has 0 aromatic heterocycles. The molecule has 0 saturated heterocycles. The molecule has 0 spiro atoms. The zero-order valence-electron chi connectivity index (χ0n) is 6.18. The molecule has 0 saturated carbocycles. The van der Waals surface area contributed by atoms with Crippen LogP contribution in [0.2, 0.25) is 0 Å². The van der Waals surface area contributed by atoms with Crippen LogP contribution in [0, 0.1) is 6.26 Å². The minimum atomic E-state index is 0.932. The summed E-state index contributed by atoms with van der Waals surface area (Å²) in [4.78, 5) is 2.32. The molecule has 0 atom stereocenters. The van der Waals surface area contributed by atoms with Crippen LogP contribution in [-0.4, -0.2) is 30.3 Å². The first-order valence-electron chi connectivity index (χ1n) is 3.36. The Morgan fingerprint density at radius 3 is 2.22 bits per heavy atom. The fourth-order valence-electron chi connectivity index (χ4n) is 0.715. The molecule has 0 aliphatic rings. The molecule has 0 aliphatic carbocycles. The van der Waals surface area contributed by atoms with Gasteiger partial charge in [-0.3, -0.25) is 0 Å². The standard InChI is InChI=1S/C7H14NS/c1-4-8(5-2)6-7-9-3/h4-7H2,1-2H3. The molecule has 3 radical (unpaired) electrons. The topological polar surface area (TPSA) is 3.24 Å². The summed E-state index contributed by atoms with van der Waals surface area (Å²) in [5, 5.41) is 0. The predicted octanol–water partition coefficient (Wildman–Crippen LogP) is 1.61. The zero-order chi connectivity index (χ0) is 7.11. The molecule has 53 valence electrons. The highest BCUT2D eigenvalue weighted by molar-refractivity contribution is 8.00. The second-order valence-electron chi connectivity index (χ2n) is 1.88. The lowest BCUT2D eigenvalue weighted by molar-refractivity contribution is 0.324. The third-order valence-electron chi connectivity index (χ3n) is 1.40. The summed E-state index contributed by atoms with van der Waals surface area (Å²) in [7, 11) is 0. The number of hydrogen-bond donors (Lipinski definition) is 0. The van der Waals surface area contributed by atoms with Crippen molar-refractivity contribution in [1.29, 1.82) is 0 Å². The van der Waals surface area contributed by atoms with Gasteiger partial charge in [0.15, 0.2) is 0 Å². The van der Waals surface area contributed by atoms with E-state index in [1.54, 1.807) is 0 Å². The van der Waals surface area contributed by atoms with Gasteiger partial charge in [0.05, 0.1) is 6.26 Å². The monoisotopic (exact) mass is 144 g/mol. The van der Waals surface area contributed by atoms with E-state index in [4.69, 9.17) is 6.26 Å². The molecule has 0 aromatic carbocycles.